The number of ether oxygens (including phenoxy) is 1. The summed E-state index contributed by atoms with van der Waals surface area (Å²) in [7, 11) is 0. The number of nitrogens with zero attached hydrogens (tertiary/aromatic N) is 1. The SMILES string of the molecule is CC1(C)CN(C(=O)c2sc(F)cc2Br)CCO1. The van der Waals surface area contributed by atoms with Crippen LogP contribution in [0.5, 0.6) is 0 Å². The Kier molecular flexibility index (Phi) is 3.56. The van der Waals surface area contributed by atoms with E-state index >= 15 is 0 Å². The minimum absolute atomic E-state index is 0.137. The molecule has 1 aromatic heterocycles. The second kappa shape index (κ2) is 4.66. The van der Waals surface area contributed by atoms with E-state index in [1.54, 1.807) is 4.90 Å². The van der Waals surface area contributed by atoms with Crippen LogP contribution in [0.2, 0.25) is 0 Å². The Morgan fingerprint density at radius 2 is 2.35 bits per heavy atom. The van der Waals surface area contributed by atoms with Gasteiger partial charge in [0.25, 0.3) is 5.91 Å². The van der Waals surface area contributed by atoms with Gasteiger partial charge in [0, 0.05) is 23.6 Å². The molecule has 0 unspecified atom stereocenters. The summed E-state index contributed by atoms with van der Waals surface area (Å²) in [5, 5.41) is -0.354. The van der Waals surface area contributed by atoms with Crippen molar-refractivity contribution in [1.82, 2.24) is 4.90 Å². The molecule has 2 rings (SSSR count). The van der Waals surface area contributed by atoms with Gasteiger partial charge in [0.1, 0.15) is 4.88 Å². The first-order chi connectivity index (χ1) is 7.89. The lowest BCUT2D eigenvalue weighted by molar-refractivity contribution is -0.0763. The molecule has 0 aliphatic carbocycles. The minimum Gasteiger partial charge on any atom is -0.372 e. The van der Waals surface area contributed by atoms with Crippen LogP contribution in [0.25, 0.3) is 0 Å². The standard InChI is InChI=1S/C11H13BrFNO2S/c1-11(2)6-14(3-4-16-11)10(15)9-7(12)5-8(13)17-9/h5H,3-4,6H2,1-2H3. The lowest BCUT2D eigenvalue weighted by Crippen LogP contribution is -2.50. The highest BCUT2D eigenvalue weighted by molar-refractivity contribution is 9.10. The molecule has 6 heteroatoms. The van der Waals surface area contributed by atoms with Gasteiger partial charge in [-0.1, -0.05) is 11.3 Å². The summed E-state index contributed by atoms with van der Waals surface area (Å²) in [4.78, 5) is 14.3. The Hall–Kier alpha value is -0.460. The molecule has 0 spiro atoms. The molecule has 94 valence electrons. The summed E-state index contributed by atoms with van der Waals surface area (Å²) in [5.41, 5.74) is -0.337. The van der Waals surface area contributed by atoms with E-state index in [-0.39, 0.29) is 16.6 Å². The van der Waals surface area contributed by atoms with Crippen molar-refractivity contribution in [3.8, 4) is 0 Å². The fourth-order valence-corrected chi connectivity index (χ4v) is 3.33. The lowest BCUT2D eigenvalue weighted by atomic mass is 10.1. The smallest absolute Gasteiger partial charge is 0.265 e. The highest BCUT2D eigenvalue weighted by atomic mass is 79.9. The van der Waals surface area contributed by atoms with Gasteiger partial charge in [0.2, 0.25) is 0 Å². The van der Waals surface area contributed by atoms with Crippen LogP contribution in [0.15, 0.2) is 10.5 Å². The third-order valence-electron chi connectivity index (χ3n) is 2.56. The first-order valence-corrected chi connectivity index (χ1v) is 6.88. The van der Waals surface area contributed by atoms with Crippen LogP contribution < -0.4 is 0 Å². The third kappa shape index (κ3) is 2.86. The van der Waals surface area contributed by atoms with Gasteiger partial charge in [-0.15, -0.1) is 0 Å². The quantitative estimate of drug-likeness (QED) is 0.796. The zero-order valence-corrected chi connectivity index (χ0v) is 12.0. The van der Waals surface area contributed by atoms with Gasteiger partial charge in [-0.3, -0.25) is 4.79 Å². The van der Waals surface area contributed by atoms with Gasteiger partial charge >= 0.3 is 0 Å². The maximum absolute atomic E-state index is 13.1. The van der Waals surface area contributed by atoms with Crippen LogP contribution in [-0.2, 0) is 4.74 Å². The molecule has 1 aliphatic heterocycles. The molecule has 0 atom stereocenters. The number of carbonyl (C=O) groups is 1. The Morgan fingerprint density at radius 1 is 1.65 bits per heavy atom. The number of thiophene rings is 1. The summed E-state index contributed by atoms with van der Waals surface area (Å²) < 4.78 is 19.1. The van der Waals surface area contributed by atoms with Crippen LogP contribution in [0.3, 0.4) is 0 Å². The largest absolute Gasteiger partial charge is 0.372 e. The Labute approximate surface area is 112 Å². The van der Waals surface area contributed by atoms with Gasteiger partial charge in [-0.05, 0) is 29.8 Å². The van der Waals surface area contributed by atoms with Crippen molar-refractivity contribution in [2.75, 3.05) is 19.7 Å². The summed E-state index contributed by atoms with van der Waals surface area (Å²) >= 11 is 4.08. The zero-order chi connectivity index (χ0) is 12.6. The van der Waals surface area contributed by atoms with Crippen LogP contribution in [0.4, 0.5) is 4.39 Å². The topological polar surface area (TPSA) is 29.5 Å². The van der Waals surface area contributed by atoms with Gasteiger partial charge in [0.15, 0.2) is 5.13 Å². The molecule has 3 nitrogen and oxygen atoms in total. The fourth-order valence-electron chi connectivity index (χ4n) is 1.82. The van der Waals surface area contributed by atoms with Crippen molar-refractivity contribution in [3.63, 3.8) is 0 Å². The van der Waals surface area contributed by atoms with Crippen molar-refractivity contribution in [1.29, 1.82) is 0 Å². The second-order valence-corrected chi connectivity index (χ2v) is 6.42. The normalized spacial score (nSPS) is 19.4. The number of amides is 1. The molecule has 2 heterocycles. The predicted octanol–water partition coefficient (Wildman–Crippen LogP) is 2.90. The van der Waals surface area contributed by atoms with Crippen LogP contribution >= 0.6 is 27.3 Å². The van der Waals surface area contributed by atoms with Gasteiger partial charge < -0.3 is 9.64 Å². The van der Waals surface area contributed by atoms with E-state index in [4.69, 9.17) is 4.74 Å². The fraction of sp³-hybridized carbons (Fsp3) is 0.545. The molecule has 17 heavy (non-hydrogen) atoms. The number of hydrogen-bond acceptors (Lipinski definition) is 3. The molecule has 1 aromatic rings. The van der Waals surface area contributed by atoms with Crippen molar-refractivity contribution in [2.24, 2.45) is 0 Å². The molecule has 0 N–H and O–H groups in total. The van der Waals surface area contributed by atoms with Gasteiger partial charge in [-0.2, -0.15) is 4.39 Å². The predicted molar refractivity (Wildman–Crippen MR) is 67.9 cm³/mol. The second-order valence-electron chi connectivity index (χ2n) is 4.56. The van der Waals surface area contributed by atoms with Crippen molar-refractivity contribution < 1.29 is 13.9 Å². The minimum atomic E-state index is -0.354. The van der Waals surface area contributed by atoms with E-state index in [1.807, 2.05) is 13.8 Å². The van der Waals surface area contributed by atoms with E-state index in [0.29, 0.717) is 29.0 Å². The molecule has 1 amide bonds. The molecule has 1 fully saturated rings. The monoisotopic (exact) mass is 321 g/mol. The van der Waals surface area contributed by atoms with E-state index in [1.165, 1.54) is 6.07 Å². The highest BCUT2D eigenvalue weighted by Crippen LogP contribution is 2.29. The first kappa shape index (κ1) is 13.0. The number of morpholine rings is 1. The van der Waals surface area contributed by atoms with Gasteiger partial charge in [-0.25, -0.2) is 0 Å². The van der Waals surface area contributed by atoms with Crippen LogP contribution in [-0.4, -0.2) is 36.1 Å². The first-order valence-electron chi connectivity index (χ1n) is 5.27. The average Bonchev–Trinajstić information content (AvgIpc) is 2.55. The molecule has 0 bridgehead atoms. The molecule has 1 aliphatic rings. The molecule has 0 saturated carbocycles. The van der Waals surface area contributed by atoms with Crippen LogP contribution in [0.1, 0.15) is 23.5 Å². The number of carbonyl (C=O) groups excluding carboxylic acids is 1. The molecular formula is C11H13BrFNO2S. The molecular weight excluding hydrogens is 309 g/mol. The Bertz CT molecular complexity index is 447. The van der Waals surface area contributed by atoms with E-state index in [9.17, 15) is 9.18 Å². The van der Waals surface area contributed by atoms with E-state index in [2.05, 4.69) is 15.9 Å². The molecule has 1 saturated heterocycles. The number of rotatable bonds is 1. The summed E-state index contributed by atoms with van der Waals surface area (Å²) in [5.74, 6) is -0.137. The van der Waals surface area contributed by atoms with Gasteiger partial charge in [0.05, 0.1) is 12.2 Å². The van der Waals surface area contributed by atoms with E-state index < -0.39 is 0 Å². The maximum Gasteiger partial charge on any atom is 0.265 e. The number of halogens is 2. The third-order valence-corrected chi connectivity index (χ3v) is 4.36. The summed E-state index contributed by atoms with van der Waals surface area (Å²) in [6, 6.07) is 1.32. The number of hydrogen-bond donors (Lipinski definition) is 0. The van der Waals surface area contributed by atoms with Crippen LogP contribution in [0, 0.1) is 5.13 Å². The Balaban J connectivity index is 2.18. The average molecular weight is 322 g/mol. The maximum atomic E-state index is 13.1. The summed E-state index contributed by atoms with van der Waals surface area (Å²) in [6.07, 6.45) is 0. The van der Waals surface area contributed by atoms with Crippen molar-refractivity contribution in [2.45, 2.75) is 19.4 Å². The van der Waals surface area contributed by atoms with Crippen molar-refractivity contribution >= 4 is 33.2 Å². The lowest BCUT2D eigenvalue weighted by Gasteiger charge is -2.38. The zero-order valence-electron chi connectivity index (χ0n) is 9.63. The molecule has 0 aromatic carbocycles. The van der Waals surface area contributed by atoms with Crippen molar-refractivity contribution in [3.05, 3.63) is 20.5 Å². The Morgan fingerprint density at radius 3 is 2.88 bits per heavy atom. The molecule has 0 radical (unpaired) electrons. The summed E-state index contributed by atoms with van der Waals surface area (Å²) in [6.45, 7) is 5.48. The van der Waals surface area contributed by atoms with E-state index in [0.717, 1.165) is 11.3 Å². The highest BCUT2D eigenvalue weighted by Gasteiger charge is 2.31.